The molecule has 1 aliphatic heterocycles. The van der Waals surface area contributed by atoms with Crippen LogP contribution in [0.5, 0.6) is 0 Å². The number of piperazine rings is 1. The topological polar surface area (TPSA) is 70.3 Å². The van der Waals surface area contributed by atoms with Crippen LogP contribution in [0.25, 0.3) is 0 Å². The summed E-state index contributed by atoms with van der Waals surface area (Å²) in [5.74, 6) is 2.09. The highest BCUT2D eigenvalue weighted by atomic mass is 15.3. The van der Waals surface area contributed by atoms with E-state index in [0.717, 1.165) is 50.7 Å². The van der Waals surface area contributed by atoms with Crippen molar-refractivity contribution < 1.29 is 0 Å². The number of rotatable bonds is 5. The van der Waals surface area contributed by atoms with Gasteiger partial charge in [0.05, 0.1) is 0 Å². The fourth-order valence-electron chi connectivity index (χ4n) is 2.55. The maximum atomic E-state index is 5.83. The van der Waals surface area contributed by atoms with Gasteiger partial charge in [-0.25, -0.2) is 0 Å². The van der Waals surface area contributed by atoms with E-state index in [0.29, 0.717) is 12.0 Å². The zero-order valence-corrected chi connectivity index (χ0v) is 12.8. The molecule has 0 bridgehead atoms. The zero-order chi connectivity index (χ0) is 14.5. The Kier molecular flexibility index (Phi) is 5.00. The molecule has 0 aliphatic carbocycles. The molecule has 6 nitrogen and oxygen atoms in total. The molecule has 6 heteroatoms. The second kappa shape index (κ2) is 6.74. The van der Waals surface area contributed by atoms with Gasteiger partial charge in [0.2, 0.25) is 5.95 Å². The maximum Gasteiger partial charge on any atom is 0.223 e. The predicted octanol–water partition coefficient (Wildman–Crippen LogP) is 1.41. The lowest BCUT2D eigenvalue weighted by molar-refractivity contribution is 0.213. The Labute approximate surface area is 121 Å². The summed E-state index contributed by atoms with van der Waals surface area (Å²) < 4.78 is 0. The van der Waals surface area contributed by atoms with Gasteiger partial charge in [-0.2, -0.15) is 9.97 Å². The molecule has 1 aromatic rings. The first-order valence-electron chi connectivity index (χ1n) is 7.47. The number of nitrogens with two attached hydrogens (primary N) is 1. The first-order chi connectivity index (χ1) is 9.63. The Balaban J connectivity index is 2.13. The van der Waals surface area contributed by atoms with Gasteiger partial charge in [0.25, 0.3) is 0 Å². The van der Waals surface area contributed by atoms with Crippen LogP contribution in [0.4, 0.5) is 17.6 Å². The molecular formula is C14H26N6. The minimum absolute atomic E-state index is 0.341. The Morgan fingerprint density at radius 3 is 2.85 bits per heavy atom. The lowest BCUT2D eigenvalue weighted by Gasteiger charge is -2.39. The average molecular weight is 278 g/mol. The van der Waals surface area contributed by atoms with Crippen molar-refractivity contribution in [2.45, 2.75) is 32.7 Å². The minimum atomic E-state index is 0.341. The Bertz CT molecular complexity index is 436. The van der Waals surface area contributed by atoms with E-state index in [4.69, 9.17) is 5.73 Å². The number of hydrogen-bond acceptors (Lipinski definition) is 6. The van der Waals surface area contributed by atoms with Crippen molar-refractivity contribution in [1.82, 2.24) is 14.9 Å². The molecule has 1 saturated heterocycles. The van der Waals surface area contributed by atoms with Gasteiger partial charge < -0.3 is 16.0 Å². The van der Waals surface area contributed by atoms with Crippen LogP contribution in [0, 0.1) is 0 Å². The molecule has 0 spiro atoms. The maximum absolute atomic E-state index is 5.83. The van der Waals surface area contributed by atoms with E-state index in [9.17, 15) is 0 Å². The van der Waals surface area contributed by atoms with E-state index < -0.39 is 0 Å². The molecule has 3 N–H and O–H groups in total. The number of aromatic nitrogens is 2. The lowest BCUT2D eigenvalue weighted by atomic mass is 10.1. The molecule has 112 valence electrons. The molecule has 1 unspecified atom stereocenters. The smallest absolute Gasteiger partial charge is 0.223 e. The molecule has 0 aromatic carbocycles. The van der Waals surface area contributed by atoms with Crippen LogP contribution in [0.15, 0.2) is 6.07 Å². The third kappa shape index (κ3) is 3.50. The summed E-state index contributed by atoms with van der Waals surface area (Å²) in [7, 11) is 2.19. The second-order valence-corrected chi connectivity index (χ2v) is 5.39. The molecule has 1 atom stereocenters. The van der Waals surface area contributed by atoms with Crippen LogP contribution in [-0.4, -0.2) is 54.1 Å². The molecule has 20 heavy (non-hydrogen) atoms. The number of nitrogen functional groups attached to an aromatic ring is 1. The molecule has 1 fully saturated rings. The number of hydrogen-bond donors (Lipinski definition) is 2. The van der Waals surface area contributed by atoms with Crippen molar-refractivity contribution in [2.24, 2.45) is 0 Å². The van der Waals surface area contributed by atoms with Crippen LogP contribution in [0.3, 0.4) is 0 Å². The van der Waals surface area contributed by atoms with Crippen LogP contribution < -0.4 is 16.0 Å². The van der Waals surface area contributed by atoms with Crippen molar-refractivity contribution in [1.29, 1.82) is 0 Å². The monoisotopic (exact) mass is 278 g/mol. The van der Waals surface area contributed by atoms with Gasteiger partial charge in [-0.3, -0.25) is 4.90 Å². The second-order valence-electron chi connectivity index (χ2n) is 5.39. The largest absolute Gasteiger partial charge is 0.370 e. The molecule has 1 aromatic heterocycles. The van der Waals surface area contributed by atoms with Crippen molar-refractivity contribution >= 4 is 17.6 Å². The fourth-order valence-corrected chi connectivity index (χ4v) is 2.55. The summed E-state index contributed by atoms with van der Waals surface area (Å²) in [6.07, 6.45) is 2.21. The van der Waals surface area contributed by atoms with E-state index in [1.807, 2.05) is 6.07 Å². The summed E-state index contributed by atoms with van der Waals surface area (Å²) in [6.45, 7) is 8.29. The normalized spacial score (nSPS) is 20.1. The highest BCUT2D eigenvalue weighted by Crippen LogP contribution is 2.21. The van der Waals surface area contributed by atoms with E-state index in [1.165, 1.54) is 0 Å². The SMILES string of the molecule is CCCNc1cc(N2CCN(C)C(CC)C2)nc(N)n1. The molecule has 1 aliphatic rings. The summed E-state index contributed by atoms with van der Waals surface area (Å²) in [5.41, 5.74) is 5.83. The number of likely N-dealkylation sites (N-methyl/N-ethyl adjacent to an activating group) is 1. The summed E-state index contributed by atoms with van der Waals surface area (Å²) >= 11 is 0. The van der Waals surface area contributed by atoms with Crippen molar-refractivity contribution in [3.8, 4) is 0 Å². The molecule has 0 radical (unpaired) electrons. The third-order valence-electron chi connectivity index (χ3n) is 3.86. The van der Waals surface area contributed by atoms with Crippen LogP contribution in [-0.2, 0) is 0 Å². The standard InChI is InChI=1S/C14H26N6/c1-4-6-16-12-9-13(18-14(15)17-12)20-8-7-19(3)11(5-2)10-20/h9,11H,4-8,10H2,1-3H3,(H3,15,16,17,18). The fraction of sp³-hybridized carbons (Fsp3) is 0.714. The van der Waals surface area contributed by atoms with Crippen molar-refractivity contribution in [2.75, 3.05) is 49.2 Å². The van der Waals surface area contributed by atoms with Gasteiger partial charge in [0, 0.05) is 38.3 Å². The molecule has 0 saturated carbocycles. The molecule has 0 amide bonds. The molecular weight excluding hydrogens is 252 g/mol. The average Bonchev–Trinajstić information content (AvgIpc) is 2.45. The predicted molar refractivity (Wildman–Crippen MR) is 84.1 cm³/mol. The van der Waals surface area contributed by atoms with E-state index >= 15 is 0 Å². The molecule has 2 rings (SSSR count). The van der Waals surface area contributed by atoms with Crippen molar-refractivity contribution in [3.05, 3.63) is 6.07 Å². The van der Waals surface area contributed by atoms with Gasteiger partial charge in [0.1, 0.15) is 11.6 Å². The first kappa shape index (κ1) is 14.8. The van der Waals surface area contributed by atoms with Gasteiger partial charge in [-0.15, -0.1) is 0 Å². The van der Waals surface area contributed by atoms with Crippen LogP contribution >= 0.6 is 0 Å². The summed E-state index contributed by atoms with van der Waals surface area (Å²) in [6, 6.07) is 2.58. The number of anilines is 3. The van der Waals surface area contributed by atoms with Crippen molar-refractivity contribution in [3.63, 3.8) is 0 Å². The Morgan fingerprint density at radius 2 is 2.15 bits per heavy atom. The van der Waals surface area contributed by atoms with Crippen LogP contribution in [0.2, 0.25) is 0 Å². The van der Waals surface area contributed by atoms with Gasteiger partial charge in [-0.1, -0.05) is 13.8 Å². The lowest BCUT2D eigenvalue weighted by Crippen LogP contribution is -2.51. The summed E-state index contributed by atoms with van der Waals surface area (Å²) in [5, 5.41) is 3.28. The summed E-state index contributed by atoms with van der Waals surface area (Å²) in [4.78, 5) is 13.4. The van der Waals surface area contributed by atoms with Gasteiger partial charge >= 0.3 is 0 Å². The highest BCUT2D eigenvalue weighted by molar-refractivity contribution is 5.53. The Morgan fingerprint density at radius 1 is 1.35 bits per heavy atom. The molecule has 2 heterocycles. The van der Waals surface area contributed by atoms with Crippen LogP contribution in [0.1, 0.15) is 26.7 Å². The zero-order valence-electron chi connectivity index (χ0n) is 12.8. The third-order valence-corrected chi connectivity index (χ3v) is 3.86. The van der Waals surface area contributed by atoms with Gasteiger partial charge in [-0.05, 0) is 19.9 Å². The first-order valence-corrected chi connectivity index (χ1v) is 7.47. The van der Waals surface area contributed by atoms with Gasteiger partial charge in [0.15, 0.2) is 0 Å². The number of nitrogens with one attached hydrogen (secondary N) is 1. The van der Waals surface area contributed by atoms with E-state index in [-0.39, 0.29) is 0 Å². The number of nitrogens with zero attached hydrogens (tertiary/aromatic N) is 4. The minimum Gasteiger partial charge on any atom is -0.370 e. The quantitative estimate of drug-likeness (QED) is 0.848. The highest BCUT2D eigenvalue weighted by Gasteiger charge is 2.24. The van der Waals surface area contributed by atoms with E-state index in [2.05, 4.69) is 46.0 Å². The Hall–Kier alpha value is -1.56. The van der Waals surface area contributed by atoms with E-state index in [1.54, 1.807) is 0 Å².